The minimum Gasteiger partial charge on any atom is -0.490 e. The fourth-order valence-corrected chi connectivity index (χ4v) is 2.93. The number of hydrogen-bond donors (Lipinski definition) is 1. The van der Waals surface area contributed by atoms with E-state index in [1.807, 2.05) is 0 Å². The summed E-state index contributed by atoms with van der Waals surface area (Å²) in [5, 5.41) is 3.56. The summed E-state index contributed by atoms with van der Waals surface area (Å²) in [7, 11) is 0. The molecule has 108 valence electrons. The zero-order valence-electron chi connectivity index (χ0n) is 12.4. The van der Waals surface area contributed by atoms with Crippen LogP contribution in [0.15, 0.2) is 42.5 Å². The van der Waals surface area contributed by atoms with Gasteiger partial charge in [-0.1, -0.05) is 18.2 Å². The zero-order valence-corrected chi connectivity index (χ0v) is 12.4. The molecule has 1 atom stereocenters. The lowest BCUT2D eigenvalue weighted by Gasteiger charge is -2.24. The summed E-state index contributed by atoms with van der Waals surface area (Å²) in [6, 6.07) is 15.8. The first kappa shape index (κ1) is 12.8. The molecule has 1 saturated carbocycles. The van der Waals surface area contributed by atoms with Gasteiger partial charge in [-0.05, 0) is 73.6 Å². The van der Waals surface area contributed by atoms with Crippen LogP contribution in [0.2, 0.25) is 0 Å². The molecule has 2 heteroatoms. The Balaban J connectivity index is 1.57. The molecular weight excluding hydrogens is 258 g/mol. The molecule has 0 amide bonds. The molecule has 4 rings (SSSR count). The molecule has 2 aromatic carbocycles. The van der Waals surface area contributed by atoms with Crippen LogP contribution in [0, 0.1) is 0 Å². The molecule has 1 fully saturated rings. The summed E-state index contributed by atoms with van der Waals surface area (Å²) in [6.45, 7) is 2.25. The highest BCUT2D eigenvalue weighted by atomic mass is 16.5. The summed E-state index contributed by atoms with van der Waals surface area (Å²) < 4.78 is 5.81. The highest BCUT2D eigenvalue weighted by Crippen LogP contribution is 2.32. The molecule has 0 aromatic heterocycles. The van der Waals surface area contributed by atoms with Crippen LogP contribution in [-0.2, 0) is 6.42 Å². The van der Waals surface area contributed by atoms with Gasteiger partial charge in [0.1, 0.15) is 5.75 Å². The highest BCUT2D eigenvalue weighted by Gasteiger charge is 2.23. The minimum atomic E-state index is 0.465. The lowest BCUT2D eigenvalue weighted by Crippen LogP contribution is -2.21. The summed E-state index contributed by atoms with van der Waals surface area (Å²) in [4.78, 5) is 0. The Morgan fingerprint density at radius 3 is 2.48 bits per heavy atom. The first-order chi connectivity index (χ1) is 10.3. The summed E-state index contributed by atoms with van der Waals surface area (Å²) in [5.74, 6) is 0.995. The average Bonchev–Trinajstić information content (AvgIpc) is 3.31. The van der Waals surface area contributed by atoms with E-state index in [1.54, 1.807) is 0 Å². The molecule has 1 aliphatic carbocycles. The van der Waals surface area contributed by atoms with Crippen LogP contribution in [-0.4, -0.2) is 12.1 Å². The van der Waals surface area contributed by atoms with Crippen molar-refractivity contribution < 1.29 is 4.74 Å². The lowest BCUT2D eigenvalue weighted by molar-refractivity contribution is 0.303. The second-order valence-corrected chi connectivity index (χ2v) is 6.30. The SMILES string of the molecule is CC1CCc2cc(-c3ccc(OC4CC4)cc3)ccc2N1. The van der Waals surface area contributed by atoms with E-state index in [2.05, 4.69) is 54.7 Å². The van der Waals surface area contributed by atoms with Crippen LogP contribution in [0.1, 0.15) is 31.7 Å². The number of nitrogens with one attached hydrogen (secondary N) is 1. The first-order valence-electron chi connectivity index (χ1n) is 7.94. The maximum atomic E-state index is 5.81. The number of rotatable bonds is 3. The number of anilines is 1. The predicted molar refractivity (Wildman–Crippen MR) is 86.9 cm³/mol. The average molecular weight is 279 g/mol. The molecule has 2 aromatic rings. The van der Waals surface area contributed by atoms with Crippen molar-refractivity contribution in [2.75, 3.05) is 5.32 Å². The van der Waals surface area contributed by atoms with E-state index in [0.717, 1.165) is 5.75 Å². The van der Waals surface area contributed by atoms with Gasteiger partial charge in [-0.2, -0.15) is 0 Å². The van der Waals surface area contributed by atoms with Crippen LogP contribution in [0.3, 0.4) is 0 Å². The third-order valence-electron chi connectivity index (χ3n) is 4.37. The van der Waals surface area contributed by atoms with Crippen LogP contribution in [0.25, 0.3) is 11.1 Å². The quantitative estimate of drug-likeness (QED) is 0.883. The Kier molecular flexibility index (Phi) is 3.10. The topological polar surface area (TPSA) is 21.3 Å². The van der Waals surface area contributed by atoms with E-state index in [-0.39, 0.29) is 0 Å². The van der Waals surface area contributed by atoms with E-state index in [9.17, 15) is 0 Å². The molecule has 1 unspecified atom stereocenters. The molecule has 0 bridgehead atoms. The second-order valence-electron chi connectivity index (χ2n) is 6.30. The summed E-state index contributed by atoms with van der Waals surface area (Å²) in [5.41, 5.74) is 5.29. The van der Waals surface area contributed by atoms with Gasteiger partial charge in [0, 0.05) is 11.7 Å². The van der Waals surface area contributed by atoms with Gasteiger partial charge in [-0.25, -0.2) is 0 Å². The van der Waals surface area contributed by atoms with E-state index in [1.165, 1.54) is 48.1 Å². The van der Waals surface area contributed by atoms with Crippen molar-refractivity contribution in [1.82, 2.24) is 0 Å². The molecule has 1 aliphatic heterocycles. The van der Waals surface area contributed by atoms with Crippen LogP contribution >= 0.6 is 0 Å². The van der Waals surface area contributed by atoms with E-state index < -0.39 is 0 Å². The molecule has 1 heterocycles. The van der Waals surface area contributed by atoms with Crippen molar-refractivity contribution in [3.8, 4) is 16.9 Å². The smallest absolute Gasteiger partial charge is 0.119 e. The Hall–Kier alpha value is -1.96. The Morgan fingerprint density at radius 2 is 1.71 bits per heavy atom. The van der Waals surface area contributed by atoms with Gasteiger partial charge >= 0.3 is 0 Å². The van der Waals surface area contributed by atoms with Crippen molar-refractivity contribution in [1.29, 1.82) is 0 Å². The van der Waals surface area contributed by atoms with Crippen LogP contribution in [0.5, 0.6) is 5.75 Å². The first-order valence-corrected chi connectivity index (χ1v) is 7.94. The molecule has 1 N–H and O–H groups in total. The number of benzene rings is 2. The predicted octanol–water partition coefficient (Wildman–Crippen LogP) is 4.64. The number of fused-ring (bicyclic) bond motifs is 1. The highest BCUT2D eigenvalue weighted by molar-refractivity contribution is 5.69. The van der Waals surface area contributed by atoms with Gasteiger partial charge in [0.15, 0.2) is 0 Å². The third kappa shape index (κ3) is 2.76. The molecule has 0 saturated heterocycles. The molecule has 0 radical (unpaired) electrons. The van der Waals surface area contributed by atoms with Crippen molar-refractivity contribution in [3.05, 3.63) is 48.0 Å². The van der Waals surface area contributed by atoms with Crippen LogP contribution < -0.4 is 10.1 Å². The summed E-state index contributed by atoms with van der Waals surface area (Å²) >= 11 is 0. The Bertz CT molecular complexity index is 643. The Labute approximate surface area is 126 Å². The lowest BCUT2D eigenvalue weighted by atomic mass is 9.95. The van der Waals surface area contributed by atoms with E-state index in [0.29, 0.717) is 12.1 Å². The number of ether oxygens (including phenoxy) is 1. The van der Waals surface area contributed by atoms with Crippen molar-refractivity contribution in [2.24, 2.45) is 0 Å². The molecule has 0 spiro atoms. The maximum Gasteiger partial charge on any atom is 0.119 e. The van der Waals surface area contributed by atoms with Gasteiger partial charge < -0.3 is 10.1 Å². The van der Waals surface area contributed by atoms with Gasteiger partial charge in [-0.15, -0.1) is 0 Å². The molecule has 2 aliphatic rings. The normalized spacial score (nSPS) is 20.5. The van der Waals surface area contributed by atoms with Gasteiger partial charge in [-0.3, -0.25) is 0 Å². The van der Waals surface area contributed by atoms with Gasteiger partial charge in [0.05, 0.1) is 6.10 Å². The molecular formula is C19H21NO. The van der Waals surface area contributed by atoms with Crippen LogP contribution in [0.4, 0.5) is 5.69 Å². The van der Waals surface area contributed by atoms with E-state index in [4.69, 9.17) is 4.74 Å². The monoisotopic (exact) mass is 279 g/mol. The standard InChI is InChI=1S/C19H21NO/c1-13-2-3-16-12-15(6-11-19(16)20-13)14-4-7-17(8-5-14)21-18-9-10-18/h4-8,11-13,18,20H,2-3,9-10H2,1H3. The van der Waals surface area contributed by atoms with Crippen molar-refractivity contribution in [2.45, 2.75) is 44.8 Å². The molecule has 21 heavy (non-hydrogen) atoms. The number of hydrogen-bond acceptors (Lipinski definition) is 2. The zero-order chi connectivity index (χ0) is 14.2. The van der Waals surface area contributed by atoms with E-state index >= 15 is 0 Å². The third-order valence-corrected chi connectivity index (χ3v) is 4.37. The fourth-order valence-electron chi connectivity index (χ4n) is 2.93. The van der Waals surface area contributed by atoms with Crippen molar-refractivity contribution in [3.63, 3.8) is 0 Å². The second kappa shape index (κ2) is 5.10. The van der Waals surface area contributed by atoms with Crippen molar-refractivity contribution >= 4 is 5.69 Å². The minimum absolute atomic E-state index is 0.465. The largest absolute Gasteiger partial charge is 0.490 e. The maximum absolute atomic E-state index is 5.81. The van der Waals surface area contributed by atoms with Gasteiger partial charge in [0.2, 0.25) is 0 Å². The fraction of sp³-hybridized carbons (Fsp3) is 0.368. The number of aryl methyl sites for hydroxylation is 1. The Morgan fingerprint density at radius 1 is 0.952 bits per heavy atom. The van der Waals surface area contributed by atoms with Gasteiger partial charge in [0.25, 0.3) is 0 Å². The molecule has 2 nitrogen and oxygen atoms in total. The summed E-state index contributed by atoms with van der Waals surface area (Å²) in [6.07, 6.45) is 5.26.